The first-order chi connectivity index (χ1) is 9.60. The number of urea groups is 1. The second-order valence-electron chi connectivity index (χ2n) is 5.32. The highest BCUT2D eigenvalue weighted by Gasteiger charge is 2.39. The lowest BCUT2D eigenvalue weighted by Gasteiger charge is -2.40. The number of carbonyl (C=O) groups excluding carboxylic acids is 1. The van der Waals surface area contributed by atoms with E-state index in [1.165, 1.54) is 0 Å². The molecule has 0 unspecified atom stereocenters. The van der Waals surface area contributed by atoms with Crippen LogP contribution in [-0.2, 0) is 11.3 Å². The Morgan fingerprint density at radius 2 is 1.95 bits per heavy atom. The molecule has 0 aromatic carbocycles. The van der Waals surface area contributed by atoms with Gasteiger partial charge >= 0.3 is 12.0 Å². The fourth-order valence-corrected chi connectivity index (χ4v) is 2.43. The minimum absolute atomic E-state index is 0.123. The van der Waals surface area contributed by atoms with Gasteiger partial charge in [0.15, 0.2) is 0 Å². The maximum absolute atomic E-state index is 11.7. The van der Waals surface area contributed by atoms with Crippen LogP contribution in [-0.4, -0.2) is 28.6 Å². The van der Waals surface area contributed by atoms with Crippen LogP contribution < -0.4 is 10.6 Å². The van der Waals surface area contributed by atoms with Crippen molar-refractivity contribution in [2.45, 2.75) is 32.2 Å². The van der Waals surface area contributed by atoms with Crippen molar-refractivity contribution >= 4 is 12.0 Å². The molecule has 6 nitrogen and oxygen atoms in total. The molecule has 1 aliphatic carbocycles. The zero-order valence-electron chi connectivity index (χ0n) is 11.3. The highest BCUT2D eigenvalue weighted by atomic mass is 16.4. The molecule has 0 radical (unpaired) electrons. The quantitative estimate of drug-likeness (QED) is 0.735. The Balaban J connectivity index is 1.73. The van der Waals surface area contributed by atoms with Crippen LogP contribution in [0.2, 0.25) is 0 Å². The lowest BCUT2D eigenvalue weighted by atomic mass is 9.66. The van der Waals surface area contributed by atoms with E-state index in [1.54, 1.807) is 12.4 Å². The van der Waals surface area contributed by atoms with Crippen LogP contribution in [0.5, 0.6) is 0 Å². The standard InChI is InChI=1S/C14H19N3O3/c18-12(19)8-14(4-1-5-14)10-17-13(20)16-9-11-2-6-15-7-3-11/h2-3,6-7H,1,4-5,8-10H2,(H,18,19)(H2,16,17,20). The average Bonchev–Trinajstić information content (AvgIpc) is 2.40. The molecule has 1 aromatic heterocycles. The molecule has 1 fully saturated rings. The molecule has 2 rings (SSSR count). The van der Waals surface area contributed by atoms with Crippen LogP contribution >= 0.6 is 0 Å². The fraction of sp³-hybridized carbons (Fsp3) is 0.500. The molecule has 0 atom stereocenters. The Morgan fingerprint density at radius 3 is 2.50 bits per heavy atom. The lowest BCUT2D eigenvalue weighted by Crippen LogP contribution is -2.46. The van der Waals surface area contributed by atoms with Crippen LogP contribution in [0.1, 0.15) is 31.2 Å². The number of hydrogen-bond acceptors (Lipinski definition) is 3. The molecule has 1 heterocycles. The lowest BCUT2D eigenvalue weighted by molar-refractivity contribution is -0.141. The summed E-state index contributed by atoms with van der Waals surface area (Å²) in [7, 11) is 0. The zero-order valence-corrected chi connectivity index (χ0v) is 11.3. The van der Waals surface area contributed by atoms with Crippen LogP contribution in [0.25, 0.3) is 0 Å². The highest BCUT2D eigenvalue weighted by molar-refractivity contribution is 5.74. The molecule has 3 N–H and O–H groups in total. The van der Waals surface area contributed by atoms with Gasteiger partial charge in [0.05, 0.1) is 6.42 Å². The van der Waals surface area contributed by atoms with Crippen molar-refractivity contribution in [2.24, 2.45) is 5.41 Å². The molecule has 1 aromatic rings. The van der Waals surface area contributed by atoms with Gasteiger partial charge in [-0.25, -0.2) is 4.79 Å². The molecule has 0 bridgehead atoms. The highest BCUT2D eigenvalue weighted by Crippen LogP contribution is 2.43. The van der Waals surface area contributed by atoms with Gasteiger partial charge in [0.1, 0.15) is 0 Å². The van der Waals surface area contributed by atoms with E-state index in [0.29, 0.717) is 13.1 Å². The van der Waals surface area contributed by atoms with Gasteiger partial charge < -0.3 is 15.7 Å². The van der Waals surface area contributed by atoms with Crippen molar-refractivity contribution in [1.29, 1.82) is 0 Å². The molecular formula is C14H19N3O3. The number of nitrogens with zero attached hydrogens (tertiary/aromatic N) is 1. The second kappa shape index (κ2) is 6.36. The largest absolute Gasteiger partial charge is 0.481 e. The second-order valence-corrected chi connectivity index (χ2v) is 5.32. The van der Waals surface area contributed by atoms with E-state index in [0.717, 1.165) is 24.8 Å². The van der Waals surface area contributed by atoms with Gasteiger partial charge in [-0.1, -0.05) is 6.42 Å². The molecular weight excluding hydrogens is 258 g/mol. The summed E-state index contributed by atoms with van der Waals surface area (Å²) in [6, 6.07) is 3.40. The number of aromatic nitrogens is 1. The summed E-state index contributed by atoms with van der Waals surface area (Å²) in [5, 5.41) is 14.4. The third kappa shape index (κ3) is 3.94. The topological polar surface area (TPSA) is 91.3 Å². The minimum atomic E-state index is -0.802. The zero-order chi connectivity index (χ0) is 14.4. The summed E-state index contributed by atoms with van der Waals surface area (Å²) in [6.45, 7) is 0.849. The maximum atomic E-state index is 11.7. The number of hydrogen-bond donors (Lipinski definition) is 3. The van der Waals surface area contributed by atoms with E-state index in [-0.39, 0.29) is 17.9 Å². The summed E-state index contributed by atoms with van der Waals surface area (Å²) in [5.74, 6) is -0.802. The van der Waals surface area contributed by atoms with Crippen molar-refractivity contribution in [3.8, 4) is 0 Å². The van der Waals surface area contributed by atoms with E-state index >= 15 is 0 Å². The first kappa shape index (κ1) is 14.3. The fourth-order valence-electron chi connectivity index (χ4n) is 2.43. The van der Waals surface area contributed by atoms with Gasteiger partial charge in [-0.05, 0) is 36.0 Å². The first-order valence-corrected chi connectivity index (χ1v) is 6.72. The normalized spacial score (nSPS) is 16.0. The molecule has 0 saturated heterocycles. The predicted molar refractivity (Wildman–Crippen MR) is 73.0 cm³/mol. The number of amides is 2. The maximum Gasteiger partial charge on any atom is 0.315 e. The summed E-state index contributed by atoms with van der Waals surface area (Å²) in [4.78, 5) is 26.4. The van der Waals surface area contributed by atoms with E-state index < -0.39 is 5.97 Å². The summed E-state index contributed by atoms with van der Waals surface area (Å²) < 4.78 is 0. The molecule has 108 valence electrons. The van der Waals surface area contributed by atoms with Gasteiger partial charge in [-0.15, -0.1) is 0 Å². The van der Waals surface area contributed by atoms with Crippen molar-refractivity contribution in [2.75, 3.05) is 6.54 Å². The van der Waals surface area contributed by atoms with Crippen LogP contribution in [0.15, 0.2) is 24.5 Å². The third-order valence-electron chi connectivity index (χ3n) is 3.77. The number of nitrogens with one attached hydrogen (secondary N) is 2. The van der Waals surface area contributed by atoms with E-state index in [9.17, 15) is 9.59 Å². The Morgan fingerprint density at radius 1 is 1.25 bits per heavy atom. The molecule has 1 aliphatic rings. The minimum Gasteiger partial charge on any atom is -0.481 e. The summed E-state index contributed by atoms with van der Waals surface area (Å²) in [6.07, 6.45) is 6.23. The molecule has 2 amide bonds. The molecule has 0 aliphatic heterocycles. The van der Waals surface area contributed by atoms with Gasteiger partial charge in [0, 0.05) is 25.5 Å². The third-order valence-corrected chi connectivity index (χ3v) is 3.77. The van der Waals surface area contributed by atoms with E-state index in [2.05, 4.69) is 15.6 Å². The Labute approximate surface area is 117 Å². The van der Waals surface area contributed by atoms with Crippen molar-refractivity contribution < 1.29 is 14.7 Å². The molecule has 20 heavy (non-hydrogen) atoms. The Hall–Kier alpha value is -2.11. The van der Waals surface area contributed by atoms with Gasteiger partial charge in [-0.3, -0.25) is 9.78 Å². The molecule has 6 heteroatoms. The number of aliphatic carboxylic acids is 1. The van der Waals surface area contributed by atoms with Crippen molar-refractivity contribution in [3.63, 3.8) is 0 Å². The SMILES string of the molecule is O=C(O)CC1(CNC(=O)NCc2ccncc2)CCC1. The molecule has 1 saturated carbocycles. The summed E-state index contributed by atoms with van der Waals surface area (Å²) in [5.41, 5.74) is 0.721. The Bertz CT molecular complexity index is 472. The van der Waals surface area contributed by atoms with Crippen molar-refractivity contribution in [1.82, 2.24) is 15.6 Å². The Kier molecular flexibility index (Phi) is 4.55. The monoisotopic (exact) mass is 277 g/mol. The first-order valence-electron chi connectivity index (χ1n) is 6.72. The van der Waals surface area contributed by atoms with Crippen LogP contribution in [0, 0.1) is 5.41 Å². The smallest absolute Gasteiger partial charge is 0.315 e. The van der Waals surface area contributed by atoms with E-state index in [4.69, 9.17) is 5.11 Å². The summed E-state index contributed by atoms with van der Waals surface area (Å²) >= 11 is 0. The number of carboxylic acids is 1. The predicted octanol–water partition coefficient (Wildman–Crippen LogP) is 1.53. The van der Waals surface area contributed by atoms with Crippen LogP contribution in [0.4, 0.5) is 4.79 Å². The number of carbonyl (C=O) groups is 2. The number of pyridine rings is 1. The van der Waals surface area contributed by atoms with Crippen molar-refractivity contribution in [3.05, 3.63) is 30.1 Å². The average molecular weight is 277 g/mol. The van der Waals surface area contributed by atoms with E-state index in [1.807, 2.05) is 12.1 Å². The van der Waals surface area contributed by atoms with Crippen LogP contribution in [0.3, 0.4) is 0 Å². The van der Waals surface area contributed by atoms with Gasteiger partial charge in [-0.2, -0.15) is 0 Å². The van der Waals surface area contributed by atoms with Gasteiger partial charge in [0.25, 0.3) is 0 Å². The molecule has 0 spiro atoms. The number of rotatable bonds is 6. The number of carboxylic acid groups (broad SMARTS) is 1. The van der Waals surface area contributed by atoms with Gasteiger partial charge in [0.2, 0.25) is 0 Å².